The van der Waals surface area contributed by atoms with Crippen LogP contribution in [0.5, 0.6) is 5.75 Å². The van der Waals surface area contributed by atoms with Crippen molar-refractivity contribution >= 4 is 6.29 Å². The third-order valence-corrected chi connectivity index (χ3v) is 3.57. The minimum Gasteiger partial charge on any atom is -0.488 e. The smallest absolute Gasteiger partial charge is 0.153 e. The van der Waals surface area contributed by atoms with Gasteiger partial charge in [0.1, 0.15) is 12.4 Å². The molecule has 0 atom stereocenters. The second kappa shape index (κ2) is 6.13. The summed E-state index contributed by atoms with van der Waals surface area (Å²) in [5.41, 5.74) is 4.13. The lowest BCUT2D eigenvalue weighted by Crippen LogP contribution is -2.11. The first-order valence-corrected chi connectivity index (χ1v) is 7.19. The summed E-state index contributed by atoms with van der Waals surface area (Å²) in [5, 5.41) is 0. The van der Waals surface area contributed by atoms with Crippen molar-refractivity contribution in [2.24, 2.45) is 0 Å². The summed E-state index contributed by atoms with van der Waals surface area (Å²) < 4.78 is 5.84. The molecule has 0 N–H and O–H groups in total. The van der Waals surface area contributed by atoms with Gasteiger partial charge in [0, 0.05) is 0 Å². The number of aryl methyl sites for hydroxylation is 1. The van der Waals surface area contributed by atoms with Crippen molar-refractivity contribution < 1.29 is 9.53 Å². The van der Waals surface area contributed by atoms with E-state index in [0.29, 0.717) is 17.9 Å². The molecular formula is C19H22O2. The molecule has 0 unspecified atom stereocenters. The molecule has 2 heteroatoms. The fraction of sp³-hybridized carbons (Fsp3) is 0.316. The summed E-state index contributed by atoms with van der Waals surface area (Å²) in [6, 6.07) is 14.0. The monoisotopic (exact) mass is 282 g/mol. The molecule has 2 rings (SSSR count). The van der Waals surface area contributed by atoms with E-state index >= 15 is 0 Å². The Morgan fingerprint density at radius 1 is 1.05 bits per heavy atom. The highest BCUT2D eigenvalue weighted by Crippen LogP contribution is 2.25. The lowest BCUT2D eigenvalue weighted by Gasteiger charge is -2.19. The first-order chi connectivity index (χ1) is 9.91. The Labute approximate surface area is 126 Å². The van der Waals surface area contributed by atoms with Gasteiger partial charge in [-0.1, -0.05) is 57.2 Å². The maximum Gasteiger partial charge on any atom is 0.153 e. The van der Waals surface area contributed by atoms with Crippen LogP contribution >= 0.6 is 0 Å². The van der Waals surface area contributed by atoms with Crippen LogP contribution in [0.3, 0.4) is 0 Å². The molecule has 2 nitrogen and oxygen atoms in total. The predicted octanol–water partition coefficient (Wildman–Crippen LogP) is 4.68. The lowest BCUT2D eigenvalue weighted by molar-refractivity contribution is 0.111. The summed E-state index contributed by atoms with van der Waals surface area (Å²) in [7, 11) is 0. The number of hydrogen-bond donors (Lipinski definition) is 0. The van der Waals surface area contributed by atoms with Crippen molar-refractivity contribution in [3.63, 3.8) is 0 Å². The van der Waals surface area contributed by atoms with E-state index in [0.717, 1.165) is 17.4 Å². The van der Waals surface area contributed by atoms with Gasteiger partial charge in [-0.25, -0.2) is 0 Å². The number of aldehydes is 1. The van der Waals surface area contributed by atoms with Crippen LogP contribution in [-0.4, -0.2) is 6.29 Å². The summed E-state index contributed by atoms with van der Waals surface area (Å²) in [4.78, 5) is 11.1. The zero-order chi connectivity index (χ0) is 15.5. The highest BCUT2D eigenvalue weighted by Gasteiger charge is 2.13. The van der Waals surface area contributed by atoms with Gasteiger partial charge in [0.25, 0.3) is 0 Å². The number of ether oxygens (including phenoxy) is 1. The van der Waals surface area contributed by atoms with Gasteiger partial charge in [0.05, 0.1) is 5.56 Å². The lowest BCUT2D eigenvalue weighted by atomic mass is 9.87. The van der Waals surface area contributed by atoms with E-state index in [1.165, 1.54) is 5.56 Å². The maximum absolute atomic E-state index is 11.1. The van der Waals surface area contributed by atoms with Crippen molar-refractivity contribution in [2.45, 2.75) is 39.7 Å². The Morgan fingerprint density at radius 3 is 2.29 bits per heavy atom. The molecule has 0 heterocycles. The molecule has 0 radical (unpaired) electrons. The van der Waals surface area contributed by atoms with Crippen LogP contribution in [0.15, 0.2) is 42.5 Å². The Kier molecular flexibility index (Phi) is 4.46. The van der Waals surface area contributed by atoms with Crippen molar-refractivity contribution in [3.8, 4) is 5.75 Å². The van der Waals surface area contributed by atoms with Crippen molar-refractivity contribution in [1.82, 2.24) is 0 Å². The molecule has 0 bridgehead atoms. The normalized spacial score (nSPS) is 11.2. The fourth-order valence-corrected chi connectivity index (χ4v) is 2.22. The Bertz CT molecular complexity index is 619. The molecule has 2 aromatic carbocycles. The highest BCUT2D eigenvalue weighted by molar-refractivity contribution is 5.80. The molecule has 2 aromatic rings. The van der Waals surface area contributed by atoms with Crippen LogP contribution in [-0.2, 0) is 12.0 Å². The van der Waals surface area contributed by atoms with E-state index in [2.05, 4.69) is 45.0 Å². The highest BCUT2D eigenvalue weighted by atomic mass is 16.5. The zero-order valence-electron chi connectivity index (χ0n) is 13.1. The van der Waals surface area contributed by atoms with Gasteiger partial charge in [0.15, 0.2) is 6.29 Å². The molecule has 21 heavy (non-hydrogen) atoms. The first-order valence-electron chi connectivity index (χ1n) is 7.19. The van der Waals surface area contributed by atoms with Crippen LogP contribution < -0.4 is 4.74 Å². The van der Waals surface area contributed by atoms with Crippen LogP contribution in [0.25, 0.3) is 0 Å². The molecular weight excluding hydrogens is 260 g/mol. The number of carbonyl (C=O) groups is 1. The standard InChI is InChI=1S/C19H22O2/c1-14-6-5-7-16(12-20)18(14)21-13-15-8-10-17(11-9-15)19(2,3)4/h5-12H,13H2,1-4H3. The Balaban J connectivity index is 2.12. The largest absolute Gasteiger partial charge is 0.488 e. The fourth-order valence-electron chi connectivity index (χ4n) is 2.22. The van der Waals surface area contributed by atoms with Crippen molar-refractivity contribution in [1.29, 1.82) is 0 Å². The van der Waals surface area contributed by atoms with Gasteiger partial charge in [-0.15, -0.1) is 0 Å². The Morgan fingerprint density at radius 2 is 1.71 bits per heavy atom. The molecule has 0 aliphatic rings. The zero-order valence-corrected chi connectivity index (χ0v) is 13.1. The number of carbonyl (C=O) groups excluding carboxylic acids is 1. The van der Waals surface area contributed by atoms with Gasteiger partial charge in [0.2, 0.25) is 0 Å². The number of hydrogen-bond acceptors (Lipinski definition) is 2. The summed E-state index contributed by atoms with van der Waals surface area (Å²) in [5.74, 6) is 0.674. The van der Waals surface area contributed by atoms with Crippen molar-refractivity contribution in [2.75, 3.05) is 0 Å². The number of rotatable bonds is 4. The molecule has 0 spiro atoms. The first kappa shape index (κ1) is 15.3. The summed E-state index contributed by atoms with van der Waals surface area (Å²) >= 11 is 0. The minimum absolute atomic E-state index is 0.153. The summed E-state index contributed by atoms with van der Waals surface area (Å²) in [6.07, 6.45) is 0.838. The predicted molar refractivity (Wildman–Crippen MR) is 86.0 cm³/mol. The van der Waals surface area contributed by atoms with Crippen LogP contribution in [0.1, 0.15) is 47.8 Å². The minimum atomic E-state index is 0.153. The van der Waals surface area contributed by atoms with E-state index in [1.54, 1.807) is 6.07 Å². The van der Waals surface area contributed by atoms with Gasteiger partial charge in [-0.3, -0.25) is 4.79 Å². The molecule has 110 valence electrons. The number of para-hydroxylation sites is 1. The van der Waals surface area contributed by atoms with Gasteiger partial charge in [-0.05, 0) is 35.1 Å². The third kappa shape index (κ3) is 3.72. The van der Waals surface area contributed by atoms with Gasteiger partial charge in [-0.2, -0.15) is 0 Å². The van der Waals surface area contributed by atoms with Gasteiger partial charge >= 0.3 is 0 Å². The molecule has 0 saturated carbocycles. The SMILES string of the molecule is Cc1cccc(C=O)c1OCc1ccc(C(C)(C)C)cc1. The quantitative estimate of drug-likeness (QED) is 0.761. The van der Waals surface area contributed by atoms with Crippen LogP contribution in [0, 0.1) is 6.92 Å². The maximum atomic E-state index is 11.1. The Hall–Kier alpha value is -2.09. The molecule has 0 amide bonds. The molecule has 0 fully saturated rings. The number of benzene rings is 2. The van der Waals surface area contributed by atoms with E-state index in [4.69, 9.17) is 4.74 Å². The molecule has 0 aliphatic carbocycles. The average Bonchev–Trinajstić information content (AvgIpc) is 2.45. The van der Waals surface area contributed by atoms with Crippen molar-refractivity contribution in [3.05, 3.63) is 64.7 Å². The second-order valence-electron chi connectivity index (χ2n) is 6.35. The van der Waals surface area contributed by atoms with Crippen LogP contribution in [0.2, 0.25) is 0 Å². The summed E-state index contributed by atoms with van der Waals surface area (Å²) in [6.45, 7) is 9.01. The molecule has 0 saturated heterocycles. The topological polar surface area (TPSA) is 26.3 Å². The van der Waals surface area contributed by atoms with Gasteiger partial charge < -0.3 is 4.74 Å². The molecule has 0 aliphatic heterocycles. The molecule has 0 aromatic heterocycles. The average molecular weight is 282 g/mol. The van der Waals surface area contributed by atoms with E-state index in [1.807, 2.05) is 19.1 Å². The third-order valence-electron chi connectivity index (χ3n) is 3.57. The van der Waals surface area contributed by atoms with E-state index in [-0.39, 0.29) is 5.41 Å². The van der Waals surface area contributed by atoms with Crippen LogP contribution in [0.4, 0.5) is 0 Å². The second-order valence-corrected chi connectivity index (χ2v) is 6.35. The van der Waals surface area contributed by atoms with E-state index in [9.17, 15) is 4.79 Å². The van der Waals surface area contributed by atoms with E-state index < -0.39 is 0 Å².